The summed E-state index contributed by atoms with van der Waals surface area (Å²) in [5.74, 6) is 0.700. The molecular formula is C12H20N4O2S. The van der Waals surface area contributed by atoms with Crippen molar-refractivity contribution in [1.82, 2.24) is 14.6 Å². The Morgan fingerprint density at radius 3 is 2.79 bits per heavy atom. The maximum Gasteiger partial charge on any atom is 0.244 e. The van der Waals surface area contributed by atoms with Gasteiger partial charge >= 0.3 is 0 Å². The van der Waals surface area contributed by atoms with Gasteiger partial charge in [-0.15, -0.1) is 0 Å². The molecule has 2 heterocycles. The lowest BCUT2D eigenvalue weighted by Gasteiger charge is -2.13. The highest BCUT2D eigenvalue weighted by molar-refractivity contribution is 7.89. The van der Waals surface area contributed by atoms with Crippen LogP contribution in [-0.2, 0) is 10.0 Å². The van der Waals surface area contributed by atoms with Crippen molar-refractivity contribution in [2.75, 3.05) is 32.5 Å². The number of nitrogens with one attached hydrogen (secondary N) is 2. The first-order valence-corrected chi connectivity index (χ1v) is 7.80. The van der Waals surface area contributed by atoms with Gasteiger partial charge in [-0.2, -0.15) is 0 Å². The zero-order valence-electron chi connectivity index (χ0n) is 11.3. The Bertz CT molecular complexity index is 507. The fourth-order valence-electron chi connectivity index (χ4n) is 2.01. The van der Waals surface area contributed by atoms with Crippen LogP contribution >= 0.6 is 0 Å². The highest BCUT2D eigenvalue weighted by Gasteiger charge is 2.17. The molecule has 1 fully saturated rings. The van der Waals surface area contributed by atoms with Crippen molar-refractivity contribution in [3.63, 3.8) is 0 Å². The Kier molecular flexibility index (Phi) is 4.38. The minimum Gasteiger partial charge on any atom is -0.369 e. The zero-order valence-corrected chi connectivity index (χ0v) is 12.1. The molecule has 0 bridgehead atoms. The Hall–Kier alpha value is -1.18. The molecule has 0 spiro atoms. The summed E-state index contributed by atoms with van der Waals surface area (Å²) in [7, 11) is -0.379. The first kappa shape index (κ1) is 14.2. The summed E-state index contributed by atoms with van der Waals surface area (Å²) >= 11 is 0. The van der Waals surface area contributed by atoms with Crippen molar-refractivity contribution in [1.29, 1.82) is 0 Å². The molecule has 0 amide bonds. The van der Waals surface area contributed by atoms with Crippen LogP contribution in [0.5, 0.6) is 0 Å². The summed E-state index contributed by atoms with van der Waals surface area (Å²) in [6, 6.07) is 3.75. The van der Waals surface area contributed by atoms with Crippen LogP contribution in [0.1, 0.15) is 12.8 Å². The van der Waals surface area contributed by atoms with E-state index in [1.807, 2.05) is 0 Å². The summed E-state index contributed by atoms with van der Waals surface area (Å²) in [6.45, 7) is 1.88. The van der Waals surface area contributed by atoms with Crippen molar-refractivity contribution < 1.29 is 8.42 Å². The van der Waals surface area contributed by atoms with E-state index >= 15 is 0 Å². The lowest BCUT2D eigenvalue weighted by molar-refractivity contribution is 0.520. The topological polar surface area (TPSA) is 74.3 Å². The summed E-state index contributed by atoms with van der Waals surface area (Å²) in [5.41, 5.74) is 0. The molecule has 6 nitrogen and oxygen atoms in total. The van der Waals surface area contributed by atoms with Crippen LogP contribution in [0.15, 0.2) is 23.2 Å². The van der Waals surface area contributed by atoms with Crippen LogP contribution < -0.4 is 10.6 Å². The molecule has 2 N–H and O–H groups in total. The molecule has 0 radical (unpaired) electrons. The third-order valence-corrected chi connectivity index (χ3v) is 5.01. The van der Waals surface area contributed by atoms with Gasteiger partial charge in [-0.3, -0.25) is 0 Å². The number of hydrogen-bond donors (Lipinski definition) is 2. The fraction of sp³-hybridized carbons (Fsp3) is 0.583. The van der Waals surface area contributed by atoms with E-state index in [2.05, 4.69) is 15.6 Å². The highest BCUT2D eigenvalue weighted by atomic mass is 32.2. The molecule has 1 aromatic heterocycles. The lowest BCUT2D eigenvalue weighted by Crippen LogP contribution is -2.29. The van der Waals surface area contributed by atoms with E-state index in [1.54, 1.807) is 12.1 Å². The molecule has 0 saturated carbocycles. The van der Waals surface area contributed by atoms with Crippen molar-refractivity contribution in [3.8, 4) is 0 Å². The van der Waals surface area contributed by atoms with Gasteiger partial charge in [-0.25, -0.2) is 17.7 Å². The Morgan fingerprint density at radius 2 is 2.26 bits per heavy atom. The molecule has 1 aromatic rings. The normalized spacial score (nSPS) is 19.8. The number of rotatable bonds is 5. The third kappa shape index (κ3) is 3.43. The number of pyridine rings is 1. The molecule has 1 saturated heterocycles. The molecular weight excluding hydrogens is 264 g/mol. The summed E-state index contributed by atoms with van der Waals surface area (Å²) in [5, 5.41) is 6.60. The van der Waals surface area contributed by atoms with Crippen LogP contribution in [0, 0.1) is 0 Å². The summed E-state index contributed by atoms with van der Waals surface area (Å²) in [6.07, 6.45) is 3.76. The Labute approximate surface area is 114 Å². The molecule has 0 aromatic carbocycles. The second-order valence-corrected chi connectivity index (χ2v) is 6.99. The van der Waals surface area contributed by atoms with E-state index in [9.17, 15) is 8.42 Å². The van der Waals surface area contributed by atoms with Gasteiger partial charge in [-0.05, 0) is 31.5 Å². The quantitative estimate of drug-likeness (QED) is 0.823. The second-order valence-electron chi connectivity index (χ2n) is 4.84. The Balaban J connectivity index is 1.98. The molecule has 7 heteroatoms. The highest BCUT2D eigenvalue weighted by Crippen LogP contribution is 2.14. The van der Waals surface area contributed by atoms with Crippen molar-refractivity contribution in [2.45, 2.75) is 23.8 Å². The smallest absolute Gasteiger partial charge is 0.244 e. The maximum absolute atomic E-state index is 11.9. The Morgan fingerprint density at radius 1 is 1.47 bits per heavy atom. The average Bonchev–Trinajstić information content (AvgIpc) is 2.90. The predicted octanol–water partition coefficient (Wildman–Crippen LogP) is 0.496. The number of nitrogens with zero attached hydrogens (tertiary/aromatic N) is 2. The van der Waals surface area contributed by atoms with Crippen molar-refractivity contribution in [2.24, 2.45) is 0 Å². The molecule has 1 aliphatic heterocycles. The van der Waals surface area contributed by atoms with E-state index in [4.69, 9.17) is 0 Å². The minimum atomic E-state index is -3.39. The first-order valence-electron chi connectivity index (χ1n) is 6.36. The molecule has 19 heavy (non-hydrogen) atoms. The summed E-state index contributed by atoms with van der Waals surface area (Å²) in [4.78, 5) is 4.35. The molecule has 106 valence electrons. The van der Waals surface area contributed by atoms with Gasteiger partial charge in [0.25, 0.3) is 0 Å². The zero-order chi connectivity index (χ0) is 13.9. The SMILES string of the molecule is CN(C)S(=O)(=O)c1ccc(NCC2CCCN2)nc1. The monoisotopic (exact) mass is 284 g/mol. The van der Waals surface area contributed by atoms with Crippen LogP contribution in [-0.4, -0.2) is 50.9 Å². The number of hydrogen-bond acceptors (Lipinski definition) is 5. The second kappa shape index (κ2) is 5.85. The van der Waals surface area contributed by atoms with Gasteiger partial charge in [0.1, 0.15) is 10.7 Å². The van der Waals surface area contributed by atoms with E-state index in [0.717, 1.165) is 13.1 Å². The number of anilines is 1. The van der Waals surface area contributed by atoms with E-state index in [-0.39, 0.29) is 4.90 Å². The van der Waals surface area contributed by atoms with Crippen LogP contribution in [0.25, 0.3) is 0 Å². The molecule has 2 rings (SSSR count). The molecule has 0 aliphatic carbocycles. The molecule has 1 unspecified atom stereocenters. The van der Waals surface area contributed by atoms with Gasteiger partial charge in [-0.1, -0.05) is 0 Å². The largest absolute Gasteiger partial charge is 0.369 e. The standard InChI is InChI=1S/C12H20N4O2S/c1-16(2)19(17,18)11-5-6-12(15-9-11)14-8-10-4-3-7-13-10/h5-6,9-10,13H,3-4,7-8H2,1-2H3,(H,14,15). The third-order valence-electron chi connectivity index (χ3n) is 3.21. The molecule has 1 aliphatic rings. The van der Waals surface area contributed by atoms with Crippen LogP contribution in [0.4, 0.5) is 5.82 Å². The number of sulfonamides is 1. The molecule has 1 atom stereocenters. The lowest BCUT2D eigenvalue weighted by atomic mass is 10.2. The fourth-order valence-corrected chi connectivity index (χ4v) is 2.85. The van der Waals surface area contributed by atoms with Crippen molar-refractivity contribution >= 4 is 15.8 Å². The van der Waals surface area contributed by atoms with Crippen LogP contribution in [0.3, 0.4) is 0 Å². The first-order chi connectivity index (χ1) is 9.00. The van der Waals surface area contributed by atoms with E-state index in [1.165, 1.54) is 37.4 Å². The van der Waals surface area contributed by atoms with Gasteiger partial charge < -0.3 is 10.6 Å². The van der Waals surface area contributed by atoms with Gasteiger partial charge in [0.05, 0.1) is 0 Å². The summed E-state index contributed by atoms with van der Waals surface area (Å²) < 4.78 is 24.9. The maximum atomic E-state index is 11.9. The van der Waals surface area contributed by atoms with E-state index in [0.29, 0.717) is 11.9 Å². The van der Waals surface area contributed by atoms with E-state index < -0.39 is 10.0 Å². The minimum absolute atomic E-state index is 0.210. The average molecular weight is 284 g/mol. The van der Waals surface area contributed by atoms with Gasteiger partial charge in [0.2, 0.25) is 10.0 Å². The van der Waals surface area contributed by atoms with Crippen molar-refractivity contribution in [3.05, 3.63) is 18.3 Å². The van der Waals surface area contributed by atoms with Gasteiger partial charge in [0, 0.05) is 32.9 Å². The van der Waals surface area contributed by atoms with Gasteiger partial charge in [0.15, 0.2) is 0 Å². The predicted molar refractivity (Wildman–Crippen MR) is 74.6 cm³/mol. The number of aromatic nitrogens is 1. The van der Waals surface area contributed by atoms with Crippen LogP contribution in [0.2, 0.25) is 0 Å².